The van der Waals surface area contributed by atoms with E-state index >= 15 is 0 Å². The number of carbonyl (C=O) groups excluding carboxylic acids is 1. The molecule has 0 spiro atoms. The van der Waals surface area contributed by atoms with Gasteiger partial charge >= 0.3 is 0 Å². The van der Waals surface area contributed by atoms with E-state index in [1.54, 1.807) is 13.3 Å². The van der Waals surface area contributed by atoms with E-state index in [2.05, 4.69) is 10.3 Å². The number of aromatic nitrogens is 2. The van der Waals surface area contributed by atoms with Crippen LogP contribution in [-0.4, -0.2) is 22.6 Å². The van der Waals surface area contributed by atoms with Crippen LogP contribution < -0.4 is 10.1 Å². The standard InChI is InChI=1S/C14H17N3O2/c1-10(18)16-13(14-15-8-9-17(14)2)11-6-4-5-7-12(11)19-3/h4-9,13H,1-3H3,(H,16,18). The van der Waals surface area contributed by atoms with Crippen molar-refractivity contribution in [3.63, 3.8) is 0 Å². The molecular weight excluding hydrogens is 242 g/mol. The van der Waals surface area contributed by atoms with Gasteiger partial charge in [-0.2, -0.15) is 0 Å². The highest BCUT2D eigenvalue weighted by Crippen LogP contribution is 2.28. The Morgan fingerprint density at radius 1 is 1.42 bits per heavy atom. The van der Waals surface area contributed by atoms with Crippen LogP contribution in [0.2, 0.25) is 0 Å². The molecule has 0 aliphatic rings. The SMILES string of the molecule is COc1ccccc1C(NC(C)=O)c1nccn1C. The van der Waals surface area contributed by atoms with Crippen molar-refractivity contribution >= 4 is 5.91 Å². The zero-order chi connectivity index (χ0) is 13.8. The van der Waals surface area contributed by atoms with E-state index in [1.165, 1.54) is 6.92 Å². The average Bonchev–Trinajstić information content (AvgIpc) is 2.82. The summed E-state index contributed by atoms with van der Waals surface area (Å²) in [5.41, 5.74) is 0.884. The van der Waals surface area contributed by atoms with Gasteiger partial charge in [-0.1, -0.05) is 18.2 Å². The van der Waals surface area contributed by atoms with Gasteiger partial charge < -0.3 is 14.6 Å². The quantitative estimate of drug-likeness (QED) is 0.908. The third kappa shape index (κ3) is 2.76. The zero-order valence-electron chi connectivity index (χ0n) is 11.3. The zero-order valence-corrected chi connectivity index (χ0v) is 11.3. The number of carbonyl (C=O) groups is 1. The highest BCUT2D eigenvalue weighted by molar-refractivity contribution is 5.74. The number of hydrogen-bond donors (Lipinski definition) is 1. The first kappa shape index (κ1) is 13.1. The number of methoxy groups -OCH3 is 1. The highest BCUT2D eigenvalue weighted by Gasteiger charge is 2.22. The molecule has 5 nitrogen and oxygen atoms in total. The Bertz CT molecular complexity index is 578. The lowest BCUT2D eigenvalue weighted by Gasteiger charge is -2.20. The molecule has 1 aromatic heterocycles. The summed E-state index contributed by atoms with van der Waals surface area (Å²) < 4.78 is 7.24. The maximum atomic E-state index is 11.4. The van der Waals surface area contributed by atoms with Crippen molar-refractivity contribution in [3.8, 4) is 5.75 Å². The van der Waals surface area contributed by atoms with Gasteiger partial charge in [-0.05, 0) is 6.07 Å². The molecule has 0 aliphatic carbocycles. The summed E-state index contributed by atoms with van der Waals surface area (Å²) in [5, 5.41) is 2.91. The van der Waals surface area contributed by atoms with Crippen LogP contribution in [0.3, 0.4) is 0 Å². The van der Waals surface area contributed by atoms with Gasteiger partial charge in [0.15, 0.2) is 0 Å². The van der Waals surface area contributed by atoms with Crippen molar-refractivity contribution in [2.75, 3.05) is 7.11 Å². The lowest BCUT2D eigenvalue weighted by atomic mass is 10.0. The summed E-state index contributed by atoms with van der Waals surface area (Å²) in [6.07, 6.45) is 3.55. The first-order valence-electron chi connectivity index (χ1n) is 6.00. The average molecular weight is 259 g/mol. The highest BCUT2D eigenvalue weighted by atomic mass is 16.5. The minimum Gasteiger partial charge on any atom is -0.496 e. The minimum absolute atomic E-state index is 0.112. The number of amides is 1. The smallest absolute Gasteiger partial charge is 0.217 e. The van der Waals surface area contributed by atoms with Gasteiger partial charge in [-0.15, -0.1) is 0 Å². The van der Waals surface area contributed by atoms with Crippen molar-refractivity contribution < 1.29 is 9.53 Å². The minimum atomic E-state index is -0.325. The summed E-state index contributed by atoms with van der Waals surface area (Å²) in [4.78, 5) is 15.8. The van der Waals surface area contributed by atoms with Gasteiger partial charge in [-0.25, -0.2) is 4.98 Å². The summed E-state index contributed by atoms with van der Waals surface area (Å²) in [6, 6.07) is 7.27. The Hall–Kier alpha value is -2.30. The Morgan fingerprint density at radius 3 is 2.74 bits per heavy atom. The molecule has 1 heterocycles. The van der Waals surface area contributed by atoms with Crippen LogP contribution in [0.5, 0.6) is 5.75 Å². The predicted octanol–water partition coefficient (Wildman–Crippen LogP) is 1.65. The fraction of sp³-hybridized carbons (Fsp3) is 0.286. The largest absolute Gasteiger partial charge is 0.496 e. The van der Waals surface area contributed by atoms with Crippen LogP contribution in [0.15, 0.2) is 36.7 Å². The lowest BCUT2D eigenvalue weighted by molar-refractivity contribution is -0.119. The van der Waals surface area contributed by atoms with Crippen molar-refractivity contribution in [3.05, 3.63) is 48.0 Å². The van der Waals surface area contributed by atoms with Gasteiger partial charge in [-0.3, -0.25) is 4.79 Å². The number of nitrogens with one attached hydrogen (secondary N) is 1. The molecule has 100 valence electrons. The molecule has 1 unspecified atom stereocenters. The molecule has 1 amide bonds. The number of hydrogen-bond acceptors (Lipinski definition) is 3. The predicted molar refractivity (Wildman–Crippen MR) is 71.9 cm³/mol. The maximum Gasteiger partial charge on any atom is 0.217 e. The van der Waals surface area contributed by atoms with Gasteiger partial charge in [0.25, 0.3) is 0 Å². The molecule has 1 aromatic carbocycles. The second-order valence-electron chi connectivity index (χ2n) is 4.27. The summed E-state index contributed by atoms with van der Waals surface area (Å²) >= 11 is 0. The fourth-order valence-electron chi connectivity index (χ4n) is 2.04. The number of ether oxygens (including phenoxy) is 1. The third-order valence-electron chi connectivity index (χ3n) is 2.91. The fourth-order valence-corrected chi connectivity index (χ4v) is 2.04. The summed E-state index contributed by atoms with van der Waals surface area (Å²) in [5.74, 6) is 1.38. The summed E-state index contributed by atoms with van der Waals surface area (Å²) in [7, 11) is 3.51. The Labute approximate surface area is 112 Å². The van der Waals surface area contributed by atoms with E-state index in [1.807, 2.05) is 42.1 Å². The first-order chi connectivity index (χ1) is 9.13. The van der Waals surface area contributed by atoms with E-state index in [0.717, 1.165) is 17.1 Å². The molecule has 0 aliphatic heterocycles. The normalized spacial score (nSPS) is 11.9. The number of benzene rings is 1. The third-order valence-corrected chi connectivity index (χ3v) is 2.91. The van der Waals surface area contributed by atoms with Crippen molar-refractivity contribution in [1.82, 2.24) is 14.9 Å². The molecule has 0 fully saturated rings. The van der Waals surface area contributed by atoms with E-state index in [9.17, 15) is 4.79 Å². The lowest BCUT2D eigenvalue weighted by Crippen LogP contribution is -2.29. The van der Waals surface area contributed by atoms with Crippen LogP contribution in [0.25, 0.3) is 0 Å². The molecular formula is C14H17N3O2. The molecule has 0 saturated heterocycles. The number of para-hydroxylation sites is 1. The summed E-state index contributed by atoms with van der Waals surface area (Å²) in [6.45, 7) is 1.49. The van der Waals surface area contributed by atoms with Gasteiger partial charge in [0, 0.05) is 31.9 Å². The van der Waals surface area contributed by atoms with E-state index in [0.29, 0.717) is 0 Å². The number of imidazole rings is 1. The molecule has 0 bridgehead atoms. The van der Waals surface area contributed by atoms with Crippen molar-refractivity contribution in [1.29, 1.82) is 0 Å². The molecule has 2 aromatic rings. The Kier molecular flexibility index (Phi) is 3.85. The molecule has 5 heteroatoms. The maximum absolute atomic E-state index is 11.4. The second-order valence-corrected chi connectivity index (χ2v) is 4.27. The molecule has 1 N–H and O–H groups in total. The van der Waals surface area contributed by atoms with Crippen molar-refractivity contribution in [2.24, 2.45) is 7.05 Å². The topological polar surface area (TPSA) is 56.1 Å². The van der Waals surface area contributed by atoms with Crippen molar-refractivity contribution in [2.45, 2.75) is 13.0 Å². The number of aryl methyl sites for hydroxylation is 1. The van der Waals surface area contributed by atoms with Crippen LogP contribution >= 0.6 is 0 Å². The van der Waals surface area contributed by atoms with E-state index in [4.69, 9.17) is 4.74 Å². The van der Waals surface area contributed by atoms with Gasteiger partial charge in [0.1, 0.15) is 17.6 Å². The molecule has 0 radical (unpaired) electrons. The van der Waals surface area contributed by atoms with Gasteiger partial charge in [0.2, 0.25) is 5.91 Å². The van der Waals surface area contributed by atoms with Gasteiger partial charge in [0.05, 0.1) is 7.11 Å². The molecule has 19 heavy (non-hydrogen) atoms. The van der Waals surface area contributed by atoms with E-state index < -0.39 is 0 Å². The van der Waals surface area contributed by atoms with Crippen LogP contribution in [0, 0.1) is 0 Å². The molecule has 0 saturated carbocycles. The number of rotatable bonds is 4. The van der Waals surface area contributed by atoms with Crippen LogP contribution in [0.4, 0.5) is 0 Å². The first-order valence-corrected chi connectivity index (χ1v) is 6.00. The van der Waals surface area contributed by atoms with Crippen LogP contribution in [-0.2, 0) is 11.8 Å². The molecule has 2 rings (SSSR count). The van der Waals surface area contributed by atoms with Crippen LogP contribution in [0.1, 0.15) is 24.4 Å². The molecule has 1 atom stereocenters. The second kappa shape index (κ2) is 5.56. The Balaban J connectivity index is 2.49. The Morgan fingerprint density at radius 2 is 2.16 bits per heavy atom. The van der Waals surface area contributed by atoms with E-state index in [-0.39, 0.29) is 11.9 Å². The monoisotopic (exact) mass is 259 g/mol. The number of nitrogens with zero attached hydrogens (tertiary/aromatic N) is 2.